The molecule has 1 aliphatic rings. The van der Waals surface area contributed by atoms with Crippen molar-refractivity contribution < 1.29 is 14.0 Å². The number of benzene rings is 2. The van der Waals surface area contributed by atoms with Crippen molar-refractivity contribution in [3.63, 3.8) is 0 Å². The number of rotatable bonds is 7. The first-order valence-electron chi connectivity index (χ1n) is 12.3. The highest BCUT2D eigenvalue weighted by molar-refractivity contribution is 7.08. The van der Waals surface area contributed by atoms with E-state index in [4.69, 9.17) is 0 Å². The van der Waals surface area contributed by atoms with Crippen molar-refractivity contribution in [1.82, 2.24) is 5.32 Å². The number of halogens is 1. The third-order valence-corrected chi connectivity index (χ3v) is 7.46. The summed E-state index contributed by atoms with van der Waals surface area (Å²) in [5.41, 5.74) is 5.20. The minimum Gasteiger partial charge on any atom is -0.351 e. The van der Waals surface area contributed by atoms with E-state index in [0.29, 0.717) is 5.56 Å². The van der Waals surface area contributed by atoms with Gasteiger partial charge in [0.2, 0.25) is 11.8 Å². The van der Waals surface area contributed by atoms with Crippen LogP contribution in [0.2, 0.25) is 0 Å². The number of hydrogen-bond donors (Lipinski definition) is 1. The van der Waals surface area contributed by atoms with E-state index >= 15 is 0 Å². The number of thiophene rings is 1. The molecule has 1 atom stereocenters. The van der Waals surface area contributed by atoms with Crippen LogP contribution < -0.4 is 10.2 Å². The molecule has 1 heterocycles. The van der Waals surface area contributed by atoms with E-state index < -0.39 is 6.04 Å². The van der Waals surface area contributed by atoms with Gasteiger partial charge in [0, 0.05) is 6.04 Å². The monoisotopic (exact) mass is 492 g/mol. The van der Waals surface area contributed by atoms with E-state index in [1.165, 1.54) is 18.6 Å². The third-order valence-electron chi connectivity index (χ3n) is 6.72. The quantitative estimate of drug-likeness (QED) is 0.405. The Morgan fingerprint density at radius 2 is 1.69 bits per heavy atom. The maximum atomic E-state index is 14.0. The molecular weight excluding hydrogens is 459 g/mol. The molecule has 184 valence electrons. The summed E-state index contributed by atoms with van der Waals surface area (Å²) < 4.78 is 13.9. The van der Waals surface area contributed by atoms with Crippen molar-refractivity contribution in [1.29, 1.82) is 0 Å². The number of hydrogen-bond acceptors (Lipinski definition) is 3. The predicted molar refractivity (Wildman–Crippen MR) is 140 cm³/mol. The van der Waals surface area contributed by atoms with Gasteiger partial charge in [0.15, 0.2) is 0 Å². The first-order valence-corrected chi connectivity index (χ1v) is 13.2. The van der Waals surface area contributed by atoms with Crippen molar-refractivity contribution in [3.05, 3.63) is 86.9 Å². The van der Waals surface area contributed by atoms with E-state index in [9.17, 15) is 14.0 Å². The average Bonchev–Trinajstić information content (AvgIpc) is 3.32. The van der Waals surface area contributed by atoms with Gasteiger partial charge >= 0.3 is 0 Å². The van der Waals surface area contributed by atoms with Gasteiger partial charge in [-0.15, -0.1) is 0 Å². The lowest BCUT2D eigenvalue weighted by Gasteiger charge is -2.35. The van der Waals surface area contributed by atoms with Crippen LogP contribution in [-0.2, 0) is 16.0 Å². The lowest BCUT2D eigenvalue weighted by molar-refractivity contribution is -0.127. The Bertz CT molecular complexity index is 1140. The topological polar surface area (TPSA) is 49.4 Å². The molecule has 0 aliphatic heterocycles. The van der Waals surface area contributed by atoms with Crippen molar-refractivity contribution in [3.8, 4) is 0 Å². The van der Waals surface area contributed by atoms with Crippen LogP contribution in [0.3, 0.4) is 0 Å². The molecule has 1 aromatic heterocycles. The summed E-state index contributed by atoms with van der Waals surface area (Å²) in [6.07, 6.45) is 5.42. The zero-order valence-electron chi connectivity index (χ0n) is 20.6. The van der Waals surface area contributed by atoms with Gasteiger partial charge in [-0.3, -0.25) is 14.5 Å². The molecule has 6 heteroatoms. The van der Waals surface area contributed by atoms with Gasteiger partial charge in [-0.1, -0.05) is 49.1 Å². The Hall–Kier alpha value is -2.99. The van der Waals surface area contributed by atoms with Crippen LogP contribution in [-0.4, -0.2) is 17.9 Å². The molecule has 0 radical (unpaired) electrons. The minimum absolute atomic E-state index is 0.0910. The van der Waals surface area contributed by atoms with Crippen LogP contribution in [0.5, 0.6) is 0 Å². The zero-order valence-corrected chi connectivity index (χ0v) is 21.5. The fraction of sp³-hybridized carbons (Fsp3) is 0.379. The highest BCUT2D eigenvalue weighted by Gasteiger charge is 2.35. The standard InChI is InChI=1S/C29H33FN2O2S/c1-19-15-20(2)27(21(3)16-19)32(26(33)17-22-13-14-35-18-22)28(23-9-11-24(30)12-10-23)29(34)31-25-7-5-4-6-8-25/h9-16,18,25,28H,4-8,17H2,1-3H3,(H,31,34)/t28-/m1/s1. The van der Waals surface area contributed by atoms with Gasteiger partial charge in [0.25, 0.3) is 0 Å². The Labute approximate surface area is 211 Å². The molecule has 4 rings (SSSR count). The van der Waals surface area contributed by atoms with Crippen LogP contribution in [0.25, 0.3) is 0 Å². The molecule has 1 fully saturated rings. The van der Waals surface area contributed by atoms with Crippen molar-refractivity contribution in [2.75, 3.05) is 4.90 Å². The average molecular weight is 493 g/mol. The van der Waals surface area contributed by atoms with Gasteiger partial charge in [-0.2, -0.15) is 11.3 Å². The highest BCUT2D eigenvalue weighted by Crippen LogP contribution is 2.35. The number of nitrogens with zero attached hydrogens (tertiary/aromatic N) is 1. The molecule has 2 amide bonds. The summed E-state index contributed by atoms with van der Waals surface area (Å²) in [7, 11) is 0. The molecule has 0 bridgehead atoms. The van der Waals surface area contributed by atoms with Crippen molar-refractivity contribution in [2.24, 2.45) is 0 Å². The second kappa shape index (κ2) is 11.2. The maximum Gasteiger partial charge on any atom is 0.248 e. The minimum atomic E-state index is -0.899. The van der Waals surface area contributed by atoms with Gasteiger partial charge in [0.05, 0.1) is 12.1 Å². The molecule has 0 saturated heterocycles. The van der Waals surface area contributed by atoms with Crippen LogP contribution in [0, 0.1) is 26.6 Å². The van der Waals surface area contributed by atoms with Gasteiger partial charge in [-0.25, -0.2) is 4.39 Å². The number of anilines is 1. The lowest BCUT2D eigenvalue weighted by atomic mass is 9.94. The first kappa shape index (κ1) is 25.1. The van der Waals surface area contributed by atoms with Gasteiger partial charge < -0.3 is 5.32 Å². The summed E-state index contributed by atoms with van der Waals surface area (Å²) in [5, 5.41) is 7.13. The maximum absolute atomic E-state index is 14.0. The molecule has 2 aromatic carbocycles. The van der Waals surface area contributed by atoms with E-state index in [2.05, 4.69) is 5.32 Å². The number of nitrogens with one attached hydrogen (secondary N) is 1. The molecule has 0 unspecified atom stereocenters. The fourth-order valence-electron chi connectivity index (χ4n) is 5.19. The first-order chi connectivity index (χ1) is 16.8. The number of carbonyl (C=O) groups excluding carboxylic acids is 2. The van der Waals surface area contributed by atoms with E-state index in [1.807, 2.05) is 49.7 Å². The second-order valence-corrected chi connectivity index (χ2v) is 10.4. The van der Waals surface area contributed by atoms with Crippen molar-refractivity contribution in [2.45, 2.75) is 71.4 Å². The summed E-state index contributed by atoms with van der Waals surface area (Å²) in [6.45, 7) is 5.97. The lowest BCUT2D eigenvalue weighted by Crippen LogP contribution is -2.48. The Balaban J connectivity index is 1.81. The van der Waals surface area contributed by atoms with Crippen molar-refractivity contribution >= 4 is 28.8 Å². The SMILES string of the molecule is Cc1cc(C)c(N(C(=O)Cc2ccsc2)[C@@H](C(=O)NC2CCCCC2)c2ccc(F)cc2)c(C)c1. The third kappa shape index (κ3) is 5.99. The molecule has 0 spiro atoms. The van der Waals surface area contributed by atoms with Crippen LogP contribution in [0.1, 0.15) is 66.0 Å². The zero-order chi connectivity index (χ0) is 24.9. The van der Waals surface area contributed by atoms with E-state index in [1.54, 1.807) is 28.4 Å². The van der Waals surface area contributed by atoms with Crippen LogP contribution in [0.15, 0.2) is 53.2 Å². The Morgan fingerprint density at radius 3 is 2.29 bits per heavy atom. The van der Waals surface area contributed by atoms with Crippen LogP contribution >= 0.6 is 11.3 Å². The van der Waals surface area contributed by atoms with Gasteiger partial charge in [-0.05, 0) is 84.8 Å². The molecule has 1 saturated carbocycles. The number of amides is 2. The summed E-state index contributed by atoms with van der Waals surface area (Å²) >= 11 is 1.54. The number of aryl methyl sites for hydroxylation is 3. The normalized spacial score (nSPS) is 15.0. The molecular formula is C29H33FN2O2S. The Kier molecular flexibility index (Phi) is 8.01. The summed E-state index contributed by atoms with van der Waals surface area (Å²) in [6, 6.07) is 11.1. The molecule has 1 N–H and O–H groups in total. The summed E-state index contributed by atoms with van der Waals surface area (Å²) in [5.74, 6) is -0.757. The van der Waals surface area contributed by atoms with E-state index in [0.717, 1.165) is 53.6 Å². The molecule has 35 heavy (non-hydrogen) atoms. The van der Waals surface area contributed by atoms with Gasteiger partial charge in [0.1, 0.15) is 11.9 Å². The number of carbonyl (C=O) groups is 2. The summed E-state index contributed by atoms with van der Waals surface area (Å²) in [4.78, 5) is 29.5. The largest absolute Gasteiger partial charge is 0.351 e. The molecule has 4 nitrogen and oxygen atoms in total. The predicted octanol–water partition coefficient (Wildman–Crippen LogP) is 6.58. The molecule has 3 aromatic rings. The highest BCUT2D eigenvalue weighted by atomic mass is 32.1. The van der Waals surface area contributed by atoms with Crippen LogP contribution in [0.4, 0.5) is 10.1 Å². The second-order valence-electron chi connectivity index (χ2n) is 9.62. The van der Waals surface area contributed by atoms with E-state index in [-0.39, 0.29) is 30.1 Å². The smallest absolute Gasteiger partial charge is 0.248 e. The fourth-order valence-corrected chi connectivity index (χ4v) is 5.86. The molecule has 1 aliphatic carbocycles. The Morgan fingerprint density at radius 1 is 1.03 bits per heavy atom.